The molecule has 2 bridgehead atoms. The van der Waals surface area contributed by atoms with Crippen molar-refractivity contribution >= 4 is 11.3 Å². The van der Waals surface area contributed by atoms with Crippen LogP contribution in [-0.4, -0.2) is 48.1 Å². The van der Waals surface area contributed by atoms with Gasteiger partial charge in [-0.3, -0.25) is 9.80 Å². The Morgan fingerprint density at radius 3 is 2.76 bits per heavy atom. The van der Waals surface area contributed by atoms with Crippen LogP contribution in [0.5, 0.6) is 0 Å². The van der Waals surface area contributed by atoms with Crippen LogP contribution in [0.1, 0.15) is 49.1 Å². The molecule has 2 aliphatic heterocycles. The number of rotatable bonds is 4. The quantitative estimate of drug-likeness (QED) is 0.928. The highest BCUT2D eigenvalue weighted by Gasteiger charge is 2.38. The number of likely N-dealkylation sites (N-methyl/N-ethyl adjacent to an activating group) is 1. The normalized spacial score (nSPS) is 30.3. The van der Waals surface area contributed by atoms with E-state index in [-0.39, 0.29) is 6.04 Å². The second-order valence-corrected chi connectivity index (χ2v) is 7.77. The minimum absolute atomic E-state index is 0.240. The molecule has 3 heterocycles. The molecule has 0 aromatic carbocycles. The van der Waals surface area contributed by atoms with E-state index in [1.54, 1.807) is 0 Å². The minimum Gasteiger partial charge on any atom is -0.326 e. The molecule has 0 spiro atoms. The van der Waals surface area contributed by atoms with E-state index in [1.165, 1.54) is 42.8 Å². The highest BCUT2D eigenvalue weighted by Crippen LogP contribution is 2.36. The number of likely N-dealkylation sites (tertiary alicyclic amines) is 1. The van der Waals surface area contributed by atoms with E-state index in [1.807, 2.05) is 11.3 Å². The lowest BCUT2D eigenvalue weighted by Gasteiger charge is -2.36. The Morgan fingerprint density at radius 1 is 1.33 bits per heavy atom. The highest BCUT2D eigenvalue weighted by molar-refractivity contribution is 7.10. The Morgan fingerprint density at radius 2 is 2.10 bits per heavy atom. The molecule has 118 valence electrons. The van der Waals surface area contributed by atoms with Gasteiger partial charge in [0.2, 0.25) is 0 Å². The summed E-state index contributed by atoms with van der Waals surface area (Å²) >= 11 is 1.89. The topological polar surface area (TPSA) is 32.5 Å². The number of hydrogen-bond donors (Lipinski definition) is 1. The molecular formula is C17H29N3S. The van der Waals surface area contributed by atoms with E-state index in [9.17, 15) is 0 Å². The molecule has 1 aromatic heterocycles. The summed E-state index contributed by atoms with van der Waals surface area (Å²) in [6.45, 7) is 6.83. The van der Waals surface area contributed by atoms with E-state index in [4.69, 9.17) is 5.73 Å². The van der Waals surface area contributed by atoms with Gasteiger partial charge in [-0.25, -0.2) is 0 Å². The Hall–Kier alpha value is -0.420. The minimum atomic E-state index is 0.240. The molecule has 0 radical (unpaired) electrons. The second kappa shape index (κ2) is 6.37. The molecule has 2 N–H and O–H groups in total. The van der Waals surface area contributed by atoms with Crippen molar-refractivity contribution in [3.05, 3.63) is 21.9 Å². The van der Waals surface area contributed by atoms with Crippen LogP contribution in [0, 0.1) is 6.92 Å². The third-order valence-corrected chi connectivity index (χ3v) is 6.71. The fourth-order valence-electron chi connectivity index (χ4n) is 4.13. The molecule has 4 unspecified atom stereocenters. The number of nitrogens with zero attached hydrogens (tertiary/aromatic N) is 2. The Labute approximate surface area is 133 Å². The van der Waals surface area contributed by atoms with E-state index >= 15 is 0 Å². The maximum atomic E-state index is 6.54. The standard InChI is InChI=1S/C17H29N3S/c1-4-15(18)16(17-12(2)8-10-21-17)20-9-7-13-5-6-14(11-20)19(13)3/h8,10,13-16H,4-7,9,11,18H2,1-3H3. The van der Waals surface area contributed by atoms with Crippen molar-refractivity contribution in [1.29, 1.82) is 0 Å². The van der Waals surface area contributed by atoms with Gasteiger partial charge in [0, 0.05) is 36.1 Å². The number of hydrogen-bond acceptors (Lipinski definition) is 4. The van der Waals surface area contributed by atoms with E-state index in [2.05, 4.69) is 42.1 Å². The highest BCUT2D eigenvalue weighted by atomic mass is 32.1. The lowest BCUT2D eigenvalue weighted by Crippen LogP contribution is -2.44. The summed E-state index contributed by atoms with van der Waals surface area (Å²) in [6, 6.07) is 4.41. The largest absolute Gasteiger partial charge is 0.326 e. The predicted octanol–water partition coefficient (Wildman–Crippen LogP) is 3.00. The van der Waals surface area contributed by atoms with Gasteiger partial charge in [0.25, 0.3) is 0 Å². The summed E-state index contributed by atoms with van der Waals surface area (Å²) in [4.78, 5) is 6.80. The van der Waals surface area contributed by atoms with E-state index in [0.29, 0.717) is 6.04 Å². The lowest BCUT2D eigenvalue weighted by molar-refractivity contribution is 0.152. The van der Waals surface area contributed by atoms with Crippen molar-refractivity contribution in [3.8, 4) is 0 Å². The van der Waals surface area contributed by atoms with Gasteiger partial charge in [-0.1, -0.05) is 6.92 Å². The zero-order chi connectivity index (χ0) is 15.0. The van der Waals surface area contributed by atoms with Gasteiger partial charge in [0.1, 0.15) is 0 Å². The van der Waals surface area contributed by atoms with E-state index in [0.717, 1.165) is 18.5 Å². The van der Waals surface area contributed by atoms with Crippen LogP contribution in [0.4, 0.5) is 0 Å². The molecule has 1 aromatic rings. The Kier molecular flexibility index (Phi) is 4.69. The van der Waals surface area contributed by atoms with E-state index < -0.39 is 0 Å². The van der Waals surface area contributed by atoms with Crippen molar-refractivity contribution < 1.29 is 0 Å². The molecule has 21 heavy (non-hydrogen) atoms. The van der Waals surface area contributed by atoms with Crippen molar-refractivity contribution in [1.82, 2.24) is 9.80 Å². The zero-order valence-electron chi connectivity index (χ0n) is 13.6. The first-order valence-electron chi connectivity index (χ1n) is 8.37. The summed E-state index contributed by atoms with van der Waals surface area (Å²) in [5.41, 5.74) is 7.96. The molecular weight excluding hydrogens is 278 g/mol. The summed E-state index contributed by atoms with van der Waals surface area (Å²) < 4.78 is 0. The lowest BCUT2D eigenvalue weighted by atomic mass is 9.98. The van der Waals surface area contributed by atoms with Crippen molar-refractivity contribution in [2.45, 2.75) is 63.7 Å². The predicted molar refractivity (Wildman–Crippen MR) is 90.8 cm³/mol. The van der Waals surface area contributed by atoms with Crippen LogP contribution >= 0.6 is 11.3 Å². The number of fused-ring (bicyclic) bond motifs is 2. The first-order chi connectivity index (χ1) is 10.1. The molecule has 0 aliphatic carbocycles. The summed E-state index contributed by atoms with van der Waals surface area (Å²) in [5, 5.41) is 2.22. The van der Waals surface area contributed by atoms with Crippen molar-refractivity contribution in [2.75, 3.05) is 20.1 Å². The van der Waals surface area contributed by atoms with Crippen LogP contribution < -0.4 is 5.73 Å². The average molecular weight is 308 g/mol. The van der Waals surface area contributed by atoms with Gasteiger partial charge in [-0.15, -0.1) is 11.3 Å². The first-order valence-corrected chi connectivity index (χ1v) is 9.25. The monoisotopic (exact) mass is 307 g/mol. The fraction of sp³-hybridized carbons (Fsp3) is 0.765. The van der Waals surface area contributed by atoms with Gasteiger partial charge < -0.3 is 5.73 Å². The van der Waals surface area contributed by atoms with Crippen LogP contribution in [0.3, 0.4) is 0 Å². The average Bonchev–Trinajstić information content (AvgIpc) is 2.97. The van der Waals surface area contributed by atoms with Crippen LogP contribution in [-0.2, 0) is 0 Å². The number of nitrogens with two attached hydrogens (primary N) is 1. The summed E-state index contributed by atoms with van der Waals surface area (Å²) in [7, 11) is 2.32. The third kappa shape index (κ3) is 2.91. The number of aryl methyl sites for hydroxylation is 1. The zero-order valence-corrected chi connectivity index (χ0v) is 14.4. The van der Waals surface area contributed by atoms with Gasteiger partial charge in [0.15, 0.2) is 0 Å². The first kappa shape index (κ1) is 15.5. The smallest absolute Gasteiger partial charge is 0.0596 e. The van der Waals surface area contributed by atoms with Crippen molar-refractivity contribution in [2.24, 2.45) is 5.73 Å². The van der Waals surface area contributed by atoms with Crippen LogP contribution in [0.15, 0.2) is 11.4 Å². The molecule has 2 fully saturated rings. The second-order valence-electron chi connectivity index (χ2n) is 6.82. The van der Waals surface area contributed by atoms with Gasteiger partial charge in [-0.2, -0.15) is 0 Å². The number of thiophene rings is 1. The van der Waals surface area contributed by atoms with Gasteiger partial charge >= 0.3 is 0 Å². The maximum absolute atomic E-state index is 6.54. The molecule has 3 nitrogen and oxygen atoms in total. The molecule has 2 saturated heterocycles. The van der Waals surface area contributed by atoms with Crippen molar-refractivity contribution in [3.63, 3.8) is 0 Å². The molecule has 4 heteroatoms. The van der Waals surface area contributed by atoms with Gasteiger partial charge in [-0.05, 0) is 56.7 Å². The maximum Gasteiger partial charge on any atom is 0.0596 e. The summed E-state index contributed by atoms with van der Waals surface area (Å²) in [6.07, 6.45) is 5.08. The van der Waals surface area contributed by atoms with Crippen LogP contribution in [0.2, 0.25) is 0 Å². The molecule has 3 rings (SSSR count). The molecule has 4 atom stereocenters. The third-order valence-electron chi connectivity index (χ3n) is 5.62. The molecule has 0 saturated carbocycles. The van der Waals surface area contributed by atoms with Gasteiger partial charge in [0.05, 0.1) is 6.04 Å². The van der Waals surface area contributed by atoms with Crippen LogP contribution in [0.25, 0.3) is 0 Å². The Bertz CT molecular complexity index is 472. The SMILES string of the molecule is CCC(N)C(c1sccc1C)N1CCC2CCC(C1)N2C. The molecule has 0 amide bonds. The summed E-state index contributed by atoms with van der Waals surface area (Å²) in [5.74, 6) is 0. The molecule has 2 aliphatic rings. The Balaban J connectivity index is 1.85. The fourth-order valence-corrected chi connectivity index (χ4v) is 5.27.